The molecule has 0 radical (unpaired) electrons. The van der Waals surface area contributed by atoms with Crippen molar-refractivity contribution in [2.24, 2.45) is 0 Å². The van der Waals surface area contributed by atoms with E-state index in [0.717, 1.165) is 12.0 Å². The summed E-state index contributed by atoms with van der Waals surface area (Å²) in [5, 5.41) is 9.98. The van der Waals surface area contributed by atoms with Gasteiger partial charge in [-0.05, 0) is 42.4 Å². The molecule has 0 aliphatic carbocycles. The number of fused-ring (bicyclic) bond motifs is 1. The summed E-state index contributed by atoms with van der Waals surface area (Å²) in [5.41, 5.74) is 1.61. The van der Waals surface area contributed by atoms with Crippen LogP contribution >= 0.6 is 12.2 Å². The van der Waals surface area contributed by atoms with E-state index in [1.54, 1.807) is 6.07 Å². The molecule has 0 amide bonds. The molecule has 106 valence electrons. The number of aromatic amines is 1. The molecule has 0 bridgehead atoms. The first-order chi connectivity index (χ1) is 10.1. The molecular weight excluding hydrogens is 284 g/mol. The number of aromatic nitrogens is 2. The van der Waals surface area contributed by atoms with Gasteiger partial charge in [0.15, 0.2) is 4.77 Å². The Morgan fingerprint density at radius 3 is 2.67 bits per heavy atom. The molecule has 2 aromatic carbocycles. The Balaban J connectivity index is 2.02. The third kappa shape index (κ3) is 2.73. The molecule has 3 aromatic rings. The van der Waals surface area contributed by atoms with Crippen molar-refractivity contribution in [1.82, 2.24) is 9.55 Å². The molecule has 0 fully saturated rings. The fourth-order valence-corrected chi connectivity index (χ4v) is 2.61. The molecule has 0 saturated heterocycles. The molecule has 5 heteroatoms. The molecule has 0 unspecified atom stereocenters. The molecule has 1 aromatic heterocycles. The highest BCUT2D eigenvalue weighted by atomic mass is 32.1. The summed E-state index contributed by atoms with van der Waals surface area (Å²) in [6.45, 7) is 0.504. The van der Waals surface area contributed by atoms with Gasteiger partial charge in [0.05, 0.1) is 10.9 Å². The number of rotatable bonds is 3. The lowest BCUT2D eigenvalue weighted by molar-refractivity contribution is 0.476. The first kappa shape index (κ1) is 13.6. The topological polar surface area (TPSA) is 58.0 Å². The molecule has 1 heterocycles. The summed E-state index contributed by atoms with van der Waals surface area (Å²) in [6, 6.07) is 14.6. The number of hydrogen-bond acceptors (Lipinski definition) is 3. The number of H-pyrrole nitrogens is 1. The average Bonchev–Trinajstić information content (AvgIpc) is 2.49. The fraction of sp³-hybridized carbons (Fsp3) is 0.125. The lowest BCUT2D eigenvalue weighted by atomic mass is 10.1. The van der Waals surface area contributed by atoms with Gasteiger partial charge in [-0.3, -0.25) is 9.36 Å². The predicted molar refractivity (Wildman–Crippen MR) is 85.2 cm³/mol. The standard InChI is InChI=1S/C16H14N2O2S/c19-12-6-7-14-13(10-12)15(20)18(16(21)17-14)9-8-11-4-2-1-3-5-11/h1-7,10,19H,8-9H2,(H,17,21). The lowest BCUT2D eigenvalue weighted by Gasteiger charge is -2.08. The Morgan fingerprint density at radius 1 is 1.14 bits per heavy atom. The molecular formula is C16H14N2O2S. The Bertz CT molecular complexity index is 898. The molecule has 0 saturated carbocycles. The van der Waals surface area contributed by atoms with E-state index in [0.29, 0.717) is 22.2 Å². The first-order valence-corrected chi connectivity index (χ1v) is 7.06. The van der Waals surface area contributed by atoms with Crippen LogP contribution in [0.3, 0.4) is 0 Å². The van der Waals surface area contributed by atoms with E-state index in [1.807, 2.05) is 30.3 Å². The van der Waals surface area contributed by atoms with Gasteiger partial charge in [-0.15, -0.1) is 0 Å². The molecule has 3 rings (SSSR count). The van der Waals surface area contributed by atoms with Gasteiger partial charge in [-0.1, -0.05) is 30.3 Å². The number of phenolic OH excluding ortho intramolecular Hbond substituents is 1. The largest absolute Gasteiger partial charge is 0.508 e. The van der Waals surface area contributed by atoms with E-state index in [1.165, 1.54) is 16.7 Å². The summed E-state index contributed by atoms with van der Waals surface area (Å²) >= 11 is 5.26. The third-order valence-corrected chi connectivity index (χ3v) is 3.75. The van der Waals surface area contributed by atoms with Crippen LogP contribution in [-0.4, -0.2) is 14.7 Å². The molecule has 2 N–H and O–H groups in total. The smallest absolute Gasteiger partial charge is 0.262 e. The minimum atomic E-state index is -0.180. The maximum atomic E-state index is 12.5. The summed E-state index contributed by atoms with van der Waals surface area (Å²) in [5.74, 6) is 0.0692. The number of aryl methyl sites for hydroxylation is 1. The Morgan fingerprint density at radius 2 is 1.90 bits per heavy atom. The Hall–Kier alpha value is -2.40. The van der Waals surface area contributed by atoms with Gasteiger partial charge in [-0.25, -0.2) is 0 Å². The van der Waals surface area contributed by atoms with Crippen LogP contribution < -0.4 is 5.56 Å². The SMILES string of the molecule is O=c1c2cc(O)ccc2[nH]c(=S)n1CCc1ccccc1. The van der Waals surface area contributed by atoms with Crippen LogP contribution in [-0.2, 0) is 13.0 Å². The first-order valence-electron chi connectivity index (χ1n) is 6.65. The van der Waals surface area contributed by atoms with Crippen LogP contribution in [0.5, 0.6) is 5.75 Å². The van der Waals surface area contributed by atoms with Crippen molar-refractivity contribution in [3.05, 3.63) is 69.2 Å². The lowest BCUT2D eigenvalue weighted by Crippen LogP contribution is -2.23. The van der Waals surface area contributed by atoms with E-state index in [4.69, 9.17) is 12.2 Å². The molecule has 0 spiro atoms. The zero-order chi connectivity index (χ0) is 14.8. The summed E-state index contributed by atoms with van der Waals surface area (Å²) in [7, 11) is 0. The van der Waals surface area contributed by atoms with Crippen LogP contribution in [0, 0.1) is 4.77 Å². The Labute approximate surface area is 126 Å². The zero-order valence-electron chi connectivity index (χ0n) is 11.2. The van der Waals surface area contributed by atoms with Crippen molar-refractivity contribution in [1.29, 1.82) is 0 Å². The zero-order valence-corrected chi connectivity index (χ0v) is 12.1. The van der Waals surface area contributed by atoms with Crippen molar-refractivity contribution in [2.45, 2.75) is 13.0 Å². The quantitative estimate of drug-likeness (QED) is 0.731. The van der Waals surface area contributed by atoms with Gasteiger partial charge in [-0.2, -0.15) is 0 Å². The fourth-order valence-electron chi connectivity index (χ4n) is 2.33. The van der Waals surface area contributed by atoms with Gasteiger partial charge in [0.1, 0.15) is 5.75 Å². The minimum Gasteiger partial charge on any atom is -0.508 e. The number of nitrogens with one attached hydrogen (secondary N) is 1. The average molecular weight is 298 g/mol. The van der Waals surface area contributed by atoms with Gasteiger partial charge in [0, 0.05) is 6.54 Å². The number of benzene rings is 2. The van der Waals surface area contributed by atoms with E-state index in [9.17, 15) is 9.90 Å². The van der Waals surface area contributed by atoms with E-state index < -0.39 is 0 Å². The molecule has 4 nitrogen and oxygen atoms in total. The number of hydrogen-bond donors (Lipinski definition) is 2. The maximum absolute atomic E-state index is 12.5. The Kier molecular flexibility index (Phi) is 3.58. The number of aromatic hydroxyl groups is 1. The van der Waals surface area contributed by atoms with Crippen LogP contribution in [0.4, 0.5) is 0 Å². The van der Waals surface area contributed by atoms with Gasteiger partial charge >= 0.3 is 0 Å². The highest BCUT2D eigenvalue weighted by Gasteiger charge is 2.06. The van der Waals surface area contributed by atoms with Crippen LogP contribution in [0.25, 0.3) is 10.9 Å². The molecule has 0 atom stereocenters. The second kappa shape index (κ2) is 5.54. The van der Waals surface area contributed by atoms with E-state index >= 15 is 0 Å². The normalized spacial score (nSPS) is 10.9. The number of nitrogens with zero attached hydrogens (tertiary/aromatic N) is 1. The van der Waals surface area contributed by atoms with E-state index in [-0.39, 0.29) is 11.3 Å². The van der Waals surface area contributed by atoms with Crippen molar-refractivity contribution in [2.75, 3.05) is 0 Å². The molecule has 0 aliphatic rings. The van der Waals surface area contributed by atoms with Crippen LogP contribution in [0.2, 0.25) is 0 Å². The highest BCUT2D eigenvalue weighted by molar-refractivity contribution is 7.71. The van der Waals surface area contributed by atoms with Crippen molar-refractivity contribution in [3.63, 3.8) is 0 Å². The molecule has 21 heavy (non-hydrogen) atoms. The molecule has 0 aliphatic heterocycles. The van der Waals surface area contributed by atoms with E-state index in [2.05, 4.69) is 4.98 Å². The van der Waals surface area contributed by atoms with Crippen molar-refractivity contribution < 1.29 is 5.11 Å². The minimum absolute atomic E-state index is 0.0692. The summed E-state index contributed by atoms with van der Waals surface area (Å²) < 4.78 is 1.93. The van der Waals surface area contributed by atoms with Crippen LogP contribution in [0.15, 0.2) is 53.3 Å². The number of phenols is 1. The summed E-state index contributed by atoms with van der Waals surface area (Å²) in [4.78, 5) is 15.5. The van der Waals surface area contributed by atoms with Gasteiger partial charge in [0.2, 0.25) is 0 Å². The summed E-state index contributed by atoms with van der Waals surface area (Å²) in [6.07, 6.45) is 0.725. The van der Waals surface area contributed by atoms with Crippen LogP contribution in [0.1, 0.15) is 5.56 Å². The highest BCUT2D eigenvalue weighted by Crippen LogP contribution is 2.15. The van der Waals surface area contributed by atoms with Crippen molar-refractivity contribution in [3.8, 4) is 5.75 Å². The predicted octanol–water partition coefficient (Wildman–Crippen LogP) is 3.01. The maximum Gasteiger partial charge on any atom is 0.262 e. The second-order valence-electron chi connectivity index (χ2n) is 4.85. The monoisotopic (exact) mass is 298 g/mol. The van der Waals surface area contributed by atoms with Gasteiger partial charge in [0.25, 0.3) is 5.56 Å². The van der Waals surface area contributed by atoms with Gasteiger partial charge < -0.3 is 10.1 Å². The third-order valence-electron chi connectivity index (χ3n) is 3.43. The second-order valence-corrected chi connectivity index (χ2v) is 5.24. The van der Waals surface area contributed by atoms with Crippen molar-refractivity contribution >= 4 is 23.1 Å².